The molecule has 5 heteroatoms. The van der Waals surface area contributed by atoms with Crippen LogP contribution in [0.4, 0.5) is 0 Å². The predicted molar refractivity (Wildman–Crippen MR) is 75.9 cm³/mol. The van der Waals surface area contributed by atoms with E-state index in [4.69, 9.17) is 9.47 Å². The van der Waals surface area contributed by atoms with E-state index in [0.717, 1.165) is 5.56 Å². The van der Waals surface area contributed by atoms with Gasteiger partial charge in [-0.1, -0.05) is 6.92 Å². The zero-order valence-electron chi connectivity index (χ0n) is 12.0. The second-order valence-corrected chi connectivity index (χ2v) is 4.40. The average molecular weight is 275 g/mol. The Kier molecular flexibility index (Phi) is 3.79. The Morgan fingerprint density at radius 2 is 1.85 bits per heavy atom. The van der Waals surface area contributed by atoms with Gasteiger partial charge in [0, 0.05) is 0 Å². The number of hydrogen-bond donors (Lipinski definition) is 1. The van der Waals surface area contributed by atoms with E-state index in [1.54, 1.807) is 33.3 Å². The number of aromatic nitrogens is 1. The number of methoxy groups -OCH3 is 2. The van der Waals surface area contributed by atoms with Crippen LogP contribution in [0.3, 0.4) is 0 Å². The van der Waals surface area contributed by atoms with Gasteiger partial charge in [-0.25, -0.2) is 9.78 Å². The fourth-order valence-electron chi connectivity index (χ4n) is 2.50. The van der Waals surface area contributed by atoms with Crippen molar-refractivity contribution in [3.63, 3.8) is 0 Å². The van der Waals surface area contributed by atoms with Crippen LogP contribution >= 0.6 is 0 Å². The molecule has 1 aromatic carbocycles. The van der Waals surface area contributed by atoms with Gasteiger partial charge in [0.25, 0.3) is 0 Å². The number of carboxylic acids is 1. The number of benzene rings is 1. The number of aromatic carboxylic acids is 1. The van der Waals surface area contributed by atoms with E-state index in [2.05, 4.69) is 4.98 Å². The minimum absolute atomic E-state index is 0.242. The molecular formula is C15H17NO4. The molecule has 0 atom stereocenters. The lowest BCUT2D eigenvalue weighted by Crippen LogP contribution is -2.09. The Labute approximate surface area is 117 Å². The van der Waals surface area contributed by atoms with Crippen molar-refractivity contribution in [3.05, 3.63) is 29.0 Å². The second-order valence-electron chi connectivity index (χ2n) is 4.40. The Morgan fingerprint density at radius 1 is 1.25 bits per heavy atom. The molecule has 0 aliphatic rings. The molecule has 2 rings (SSSR count). The van der Waals surface area contributed by atoms with Crippen LogP contribution in [-0.4, -0.2) is 30.3 Å². The highest BCUT2D eigenvalue weighted by atomic mass is 16.5. The monoisotopic (exact) mass is 275 g/mol. The molecule has 0 unspecified atom stereocenters. The molecule has 0 aliphatic carbocycles. The Balaban J connectivity index is 3.01. The van der Waals surface area contributed by atoms with Gasteiger partial charge in [0.15, 0.2) is 0 Å². The van der Waals surface area contributed by atoms with E-state index in [-0.39, 0.29) is 5.56 Å². The Morgan fingerprint density at radius 3 is 2.35 bits per heavy atom. The van der Waals surface area contributed by atoms with Crippen molar-refractivity contribution in [3.8, 4) is 11.5 Å². The SMILES string of the molecule is CCc1c(C(=O)O)c(C)nc2c(OC)ccc(OC)c12. The molecule has 0 bridgehead atoms. The van der Waals surface area contributed by atoms with Crippen molar-refractivity contribution in [1.29, 1.82) is 0 Å². The molecule has 20 heavy (non-hydrogen) atoms. The summed E-state index contributed by atoms with van der Waals surface area (Å²) in [4.78, 5) is 15.9. The lowest BCUT2D eigenvalue weighted by Gasteiger charge is -2.15. The Bertz CT molecular complexity index is 679. The van der Waals surface area contributed by atoms with E-state index < -0.39 is 5.97 Å². The van der Waals surface area contributed by atoms with E-state index in [0.29, 0.717) is 34.5 Å². The van der Waals surface area contributed by atoms with Gasteiger partial charge in [0.2, 0.25) is 0 Å². The van der Waals surface area contributed by atoms with Gasteiger partial charge < -0.3 is 14.6 Å². The molecular weight excluding hydrogens is 258 g/mol. The summed E-state index contributed by atoms with van der Waals surface area (Å²) in [5, 5.41) is 10.1. The van der Waals surface area contributed by atoms with Gasteiger partial charge in [-0.2, -0.15) is 0 Å². The molecule has 106 valence electrons. The number of fused-ring (bicyclic) bond motifs is 1. The summed E-state index contributed by atoms with van der Waals surface area (Å²) < 4.78 is 10.7. The summed E-state index contributed by atoms with van der Waals surface area (Å²) >= 11 is 0. The van der Waals surface area contributed by atoms with Crippen molar-refractivity contribution in [2.24, 2.45) is 0 Å². The maximum Gasteiger partial charge on any atom is 0.337 e. The van der Waals surface area contributed by atoms with E-state index in [9.17, 15) is 9.90 Å². The van der Waals surface area contributed by atoms with Gasteiger partial charge in [-0.05, 0) is 31.0 Å². The largest absolute Gasteiger partial charge is 0.496 e. The summed E-state index contributed by atoms with van der Waals surface area (Å²) in [7, 11) is 3.12. The number of pyridine rings is 1. The first-order valence-corrected chi connectivity index (χ1v) is 6.32. The third-order valence-corrected chi connectivity index (χ3v) is 3.35. The molecule has 0 spiro atoms. The zero-order valence-corrected chi connectivity index (χ0v) is 12.0. The van der Waals surface area contributed by atoms with Crippen LogP contribution in [0.15, 0.2) is 12.1 Å². The molecule has 0 fully saturated rings. The number of hydrogen-bond acceptors (Lipinski definition) is 4. The quantitative estimate of drug-likeness (QED) is 0.929. The third kappa shape index (κ3) is 2.05. The first-order valence-electron chi connectivity index (χ1n) is 6.32. The minimum atomic E-state index is -0.973. The van der Waals surface area contributed by atoms with E-state index in [1.807, 2.05) is 6.92 Å². The molecule has 1 N–H and O–H groups in total. The Hall–Kier alpha value is -2.30. The lowest BCUT2D eigenvalue weighted by molar-refractivity contribution is 0.0694. The third-order valence-electron chi connectivity index (χ3n) is 3.35. The van der Waals surface area contributed by atoms with Gasteiger partial charge >= 0.3 is 5.97 Å². The summed E-state index contributed by atoms with van der Waals surface area (Å²) in [6, 6.07) is 3.54. The number of aryl methyl sites for hydroxylation is 2. The standard InChI is InChI=1S/C15H17NO4/c1-5-9-12(15(17)18)8(2)16-14-11(20-4)7-6-10(19-3)13(9)14/h6-7H,5H2,1-4H3,(H,17,18). The summed E-state index contributed by atoms with van der Waals surface area (Å²) in [6.45, 7) is 3.61. The maximum atomic E-state index is 11.5. The van der Waals surface area contributed by atoms with E-state index >= 15 is 0 Å². The van der Waals surface area contributed by atoms with Gasteiger partial charge in [0.05, 0.1) is 30.9 Å². The number of ether oxygens (including phenoxy) is 2. The summed E-state index contributed by atoms with van der Waals surface area (Å²) in [5.74, 6) is 0.238. The zero-order chi connectivity index (χ0) is 14.9. The molecule has 1 heterocycles. The smallest absolute Gasteiger partial charge is 0.337 e. The van der Waals surface area contributed by atoms with Gasteiger partial charge in [-0.3, -0.25) is 0 Å². The van der Waals surface area contributed by atoms with Crippen molar-refractivity contribution in [2.45, 2.75) is 20.3 Å². The number of nitrogens with zero attached hydrogens (tertiary/aromatic N) is 1. The normalized spacial score (nSPS) is 10.6. The predicted octanol–water partition coefficient (Wildman–Crippen LogP) is 2.82. The van der Waals surface area contributed by atoms with Crippen LogP contribution in [-0.2, 0) is 6.42 Å². The first kappa shape index (κ1) is 14.1. The van der Waals surface area contributed by atoms with Crippen LogP contribution in [0.1, 0.15) is 28.5 Å². The summed E-state index contributed by atoms with van der Waals surface area (Å²) in [6.07, 6.45) is 0.574. The highest BCUT2D eigenvalue weighted by Gasteiger charge is 2.21. The molecule has 0 saturated heterocycles. The fourth-order valence-corrected chi connectivity index (χ4v) is 2.50. The first-order chi connectivity index (χ1) is 9.54. The number of carbonyl (C=O) groups is 1. The van der Waals surface area contributed by atoms with Gasteiger partial charge in [-0.15, -0.1) is 0 Å². The van der Waals surface area contributed by atoms with Crippen LogP contribution in [0.5, 0.6) is 11.5 Å². The molecule has 1 aromatic heterocycles. The van der Waals surface area contributed by atoms with Gasteiger partial charge in [0.1, 0.15) is 17.0 Å². The molecule has 5 nitrogen and oxygen atoms in total. The highest BCUT2D eigenvalue weighted by molar-refractivity contribution is 6.01. The van der Waals surface area contributed by atoms with Crippen LogP contribution in [0.2, 0.25) is 0 Å². The van der Waals surface area contributed by atoms with Crippen molar-refractivity contribution in [1.82, 2.24) is 4.98 Å². The van der Waals surface area contributed by atoms with Crippen molar-refractivity contribution >= 4 is 16.9 Å². The molecule has 0 amide bonds. The van der Waals surface area contributed by atoms with Crippen molar-refractivity contribution in [2.75, 3.05) is 14.2 Å². The molecule has 0 aliphatic heterocycles. The topological polar surface area (TPSA) is 68.7 Å². The molecule has 0 radical (unpaired) electrons. The van der Waals surface area contributed by atoms with E-state index in [1.165, 1.54) is 0 Å². The van der Waals surface area contributed by atoms with Crippen LogP contribution in [0.25, 0.3) is 10.9 Å². The highest BCUT2D eigenvalue weighted by Crippen LogP contribution is 2.36. The second kappa shape index (κ2) is 5.36. The van der Waals surface area contributed by atoms with Crippen LogP contribution < -0.4 is 9.47 Å². The molecule has 0 saturated carbocycles. The van der Waals surface area contributed by atoms with Crippen molar-refractivity contribution < 1.29 is 19.4 Å². The molecule has 2 aromatic rings. The maximum absolute atomic E-state index is 11.5. The minimum Gasteiger partial charge on any atom is -0.496 e. The number of carboxylic acid groups (broad SMARTS) is 1. The lowest BCUT2D eigenvalue weighted by atomic mass is 9.97. The number of rotatable bonds is 4. The summed E-state index contributed by atoms with van der Waals surface area (Å²) in [5.41, 5.74) is 2.07. The average Bonchev–Trinajstić information content (AvgIpc) is 2.44. The van der Waals surface area contributed by atoms with Crippen LogP contribution in [0, 0.1) is 6.92 Å². The fraction of sp³-hybridized carbons (Fsp3) is 0.333.